The molecule has 0 radical (unpaired) electrons. The predicted molar refractivity (Wildman–Crippen MR) is 74.6 cm³/mol. The number of aryl methyl sites for hydroxylation is 1. The molecular weight excluding hydrogens is 242 g/mol. The molecule has 0 fully saturated rings. The van der Waals surface area contributed by atoms with Crippen molar-refractivity contribution in [3.05, 3.63) is 47.8 Å². The van der Waals surface area contributed by atoms with E-state index in [1.54, 1.807) is 0 Å². The van der Waals surface area contributed by atoms with Gasteiger partial charge in [-0.15, -0.1) is 11.8 Å². The van der Waals surface area contributed by atoms with Crippen LogP contribution in [0.5, 0.6) is 0 Å². The van der Waals surface area contributed by atoms with Crippen LogP contribution in [0.1, 0.15) is 23.7 Å². The average molecular weight is 259 g/mol. The molecule has 1 aliphatic heterocycles. The summed E-state index contributed by atoms with van der Waals surface area (Å²) in [5.74, 6) is 1.19. The van der Waals surface area contributed by atoms with Crippen molar-refractivity contribution in [2.45, 2.75) is 23.9 Å². The molecule has 2 aromatic rings. The van der Waals surface area contributed by atoms with Crippen LogP contribution < -0.4 is 5.32 Å². The van der Waals surface area contributed by atoms with Gasteiger partial charge < -0.3 is 5.32 Å². The lowest BCUT2D eigenvalue weighted by Crippen LogP contribution is -2.24. The zero-order chi connectivity index (χ0) is 12.4. The Balaban J connectivity index is 1.71. The van der Waals surface area contributed by atoms with E-state index in [0.717, 1.165) is 12.2 Å². The van der Waals surface area contributed by atoms with Gasteiger partial charge in [0, 0.05) is 30.7 Å². The van der Waals surface area contributed by atoms with Crippen molar-refractivity contribution in [2.75, 3.05) is 5.75 Å². The number of benzene rings is 1. The summed E-state index contributed by atoms with van der Waals surface area (Å²) < 4.78 is 1.85. The number of aromatic nitrogens is 2. The zero-order valence-electron chi connectivity index (χ0n) is 10.5. The molecule has 1 N–H and O–H groups in total. The lowest BCUT2D eigenvalue weighted by molar-refractivity contribution is 0.503. The van der Waals surface area contributed by atoms with E-state index in [9.17, 15) is 0 Å². The van der Waals surface area contributed by atoms with Crippen LogP contribution in [0.25, 0.3) is 0 Å². The van der Waals surface area contributed by atoms with Crippen LogP contribution in [0, 0.1) is 0 Å². The minimum absolute atomic E-state index is 0.462. The summed E-state index contributed by atoms with van der Waals surface area (Å²) in [5, 5.41) is 8.02. The molecule has 0 amide bonds. The molecule has 0 spiro atoms. The summed E-state index contributed by atoms with van der Waals surface area (Å²) in [4.78, 5) is 1.42. The van der Waals surface area contributed by atoms with E-state index in [2.05, 4.69) is 40.7 Å². The second-order valence-electron chi connectivity index (χ2n) is 4.59. The first-order valence-electron chi connectivity index (χ1n) is 6.26. The molecule has 2 heterocycles. The average Bonchev–Trinajstić information content (AvgIpc) is 2.82. The number of nitrogens with zero attached hydrogens (tertiary/aromatic N) is 2. The van der Waals surface area contributed by atoms with Gasteiger partial charge in [-0.3, -0.25) is 4.68 Å². The highest BCUT2D eigenvalue weighted by molar-refractivity contribution is 7.99. The largest absolute Gasteiger partial charge is 0.304 e. The van der Waals surface area contributed by atoms with Crippen molar-refractivity contribution < 1.29 is 0 Å². The van der Waals surface area contributed by atoms with Crippen LogP contribution in [-0.2, 0) is 13.6 Å². The van der Waals surface area contributed by atoms with Crippen molar-refractivity contribution in [3.8, 4) is 0 Å². The zero-order valence-corrected chi connectivity index (χ0v) is 11.3. The topological polar surface area (TPSA) is 29.9 Å². The van der Waals surface area contributed by atoms with Gasteiger partial charge in [0.2, 0.25) is 0 Å². The number of hydrogen-bond acceptors (Lipinski definition) is 3. The Hall–Kier alpha value is -1.26. The summed E-state index contributed by atoms with van der Waals surface area (Å²) in [6.45, 7) is 0.838. The molecule has 1 unspecified atom stereocenters. The molecule has 0 aliphatic carbocycles. The third kappa shape index (κ3) is 2.44. The Kier molecular flexibility index (Phi) is 3.39. The molecule has 4 heteroatoms. The second kappa shape index (κ2) is 5.16. The number of thioether (sulfide) groups is 1. The van der Waals surface area contributed by atoms with E-state index >= 15 is 0 Å². The van der Waals surface area contributed by atoms with Crippen LogP contribution in [-0.4, -0.2) is 15.5 Å². The summed E-state index contributed by atoms with van der Waals surface area (Å²) in [6.07, 6.45) is 3.18. The first-order valence-corrected chi connectivity index (χ1v) is 7.25. The van der Waals surface area contributed by atoms with E-state index in [1.165, 1.54) is 22.6 Å². The third-order valence-corrected chi connectivity index (χ3v) is 4.38. The molecule has 1 atom stereocenters. The minimum atomic E-state index is 0.462. The maximum Gasteiger partial charge on any atom is 0.0762 e. The van der Waals surface area contributed by atoms with Crippen LogP contribution in [0.4, 0.5) is 0 Å². The summed E-state index contributed by atoms with van der Waals surface area (Å²) in [6, 6.07) is 11.2. The standard InChI is InChI=1S/C14H17N3S/c1-17-8-6-11(16-17)10-15-13-7-9-18-14-5-3-2-4-12(13)14/h2-6,8,13,15H,7,9-10H2,1H3. The number of hydrogen-bond donors (Lipinski definition) is 1. The molecule has 94 valence electrons. The normalized spacial score (nSPS) is 18.6. The number of rotatable bonds is 3. The van der Waals surface area contributed by atoms with Gasteiger partial charge in [0.15, 0.2) is 0 Å². The van der Waals surface area contributed by atoms with Crippen LogP contribution in [0.3, 0.4) is 0 Å². The van der Waals surface area contributed by atoms with Gasteiger partial charge >= 0.3 is 0 Å². The van der Waals surface area contributed by atoms with Gasteiger partial charge in [-0.1, -0.05) is 18.2 Å². The predicted octanol–water partition coefficient (Wildman–Crippen LogP) is 2.75. The Morgan fingerprint density at radius 1 is 1.39 bits per heavy atom. The fourth-order valence-corrected chi connectivity index (χ4v) is 3.46. The van der Waals surface area contributed by atoms with E-state index in [4.69, 9.17) is 0 Å². The van der Waals surface area contributed by atoms with E-state index in [0.29, 0.717) is 6.04 Å². The molecule has 3 rings (SSSR count). The number of nitrogens with one attached hydrogen (secondary N) is 1. The molecule has 3 nitrogen and oxygen atoms in total. The maximum atomic E-state index is 4.40. The van der Waals surface area contributed by atoms with Gasteiger partial charge in [-0.05, 0) is 29.9 Å². The van der Waals surface area contributed by atoms with Gasteiger partial charge in [0.1, 0.15) is 0 Å². The van der Waals surface area contributed by atoms with E-state index < -0.39 is 0 Å². The third-order valence-electron chi connectivity index (χ3n) is 3.26. The van der Waals surface area contributed by atoms with Crippen molar-refractivity contribution >= 4 is 11.8 Å². The quantitative estimate of drug-likeness (QED) is 0.919. The molecule has 1 aliphatic rings. The fourth-order valence-electron chi connectivity index (χ4n) is 2.34. The summed E-state index contributed by atoms with van der Waals surface area (Å²) in [5.41, 5.74) is 2.54. The number of fused-ring (bicyclic) bond motifs is 1. The fraction of sp³-hybridized carbons (Fsp3) is 0.357. The molecule has 0 saturated heterocycles. The first kappa shape index (κ1) is 11.8. The van der Waals surface area contributed by atoms with Crippen molar-refractivity contribution in [2.24, 2.45) is 7.05 Å². The Morgan fingerprint density at radius 2 is 2.28 bits per heavy atom. The second-order valence-corrected chi connectivity index (χ2v) is 5.73. The molecule has 0 saturated carbocycles. The van der Waals surface area contributed by atoms with Gasteiger partial charge in [0.05, 0.1) is 5.69 Å². The summed E-state index contributed by atoms with van der Waals surface area (Å²) in [7, 11) is 1.95. The highest BCUT2D eigenvalue weighted by Crippen LogP contribution is 2.35. The highest BCUT2D eigenvalue weighted by atomic mass is 32.2. The van der Waals surface area contributed by atoms with Gasteiger partial charge in [-0.2, -0.15) is 5.10 Å². The van der Waals surface area contributed by atoms with Crippen molar-refractivity contribution in [3.63, 3.8) is 0 Å². The smallest absolute Gasteiger partial charge is 0.0762 e. The SMILES string of the molecule is Cn1ccc(CNC2CCSc3ccccc32)n1. The Bertz CT molecular complexity index is 535. The van der Waals surface area contributed by atoms with Crippen LogP contribution in [0.15, 0.2) is 41.4 Å². The monoisotopic (exact) mass is 259 g/mol. The lowest BCUT2D eigenvalue weighted by atomic mass is 10.0. The van der Waals surface area contributed by atoms with Gasteiger partial charge in [-0.25, -0.2) is 0 Å². The van der Waals surface area contributed by atoms with Crippen molar-refractivity contribution in [1.82, 2.24) is 15.1 Å². The minimum Gasteiger partial charge on any atom is -0.304 e. The Labute approximate surface area is 112 Å². The van der Waals surface area contributed by atoms with Crippen LogP contribution in [0.2, 0.25) is 0 Å². The highest BCUT2D eigenvalue weighted by Gasteiger charge is 2.19. The van der Waals surface area contributed by atoms with E-state index in [1.807, 2.05) is 29.7 Å². The first-order chi connectivity index (χ1) is 8.83. The molecular formula is C14H17N3S. The maximum absolute atomic E-state index is 4.40. The van der Waals surface area contributed by atoms with E-state index in [-0.39, 0.29) is 0 Å². The van der Waals surface area contributed by atoms with Crippen LogP contribution >= 0.6 is 11.8 Å². The summed E-state index contributed by atoms with van der Waals surface area (Å²) >= 11 is 1.96. The van der Waals surface area contributed by atoms with Crippen molar-refractivity contribution in [1.29, 1.82) is 0 Å². The molecule has 1 aromatic carbocycles. The molecule has 1 aromatic heterocycles. The lowest BCUT2D eigenvalue weighted by Gasteiger charge is -2.25. The van der Waals surface area contributed by atoms with Gasteiger partial charge in [0.25, 0.3) is 0 Å². The molecule has 0 bridgehead atoms. The Morgan fingerprint density at radius 3 is 3.11 bits per heavy atom. The molecule has 18 heavy (non-hydrogen) atoms.